The highest BCUT2D eigenvalue weighted by Gasteiger charge is 2.17. The summed E-state index contributed by atoms with van der Waals surface area (Å²) < 4.78 is 12.8. The second kappa shape index (κ2) is 3.16. The summed E-state index contributed by atoms with van der Waals surface area (Å²) in [5, 5.41) is 3.17. The van der Waals surface area contributed by atoms with Gasteiger partial charge in [0.05, 0.1) is 0 Å². The predicted molar refractivity (Wildman–Crippen MR) is 36.2 cm³/mol. The maximum absolute atomic E-state index is 12.8. The SMILES string of the molecule is CC1CCNCCC1F. The third kappa shape index (κ3) is 1.94. The van der Waals surface area contributed by atoms with Gasteiger partial charge in [0.25, 0.3) is 0 Å². The Bertz CT molecular complexity index is 75.0. The quantitative estimate of drug-likeness (QED) is 0.523. The second-order valence-corrected chi connectivity index (χ2v) is 2.82. The zero-order valence-electron chi connectivity index (χ0n) is 5.86. The average Bonchev–Trinajstić information content (AvgIpc) is 1.99. The van der Waals surface area contributed by atoms with Gasteiger partial charge >= 0.3 is 0 Å². The van der Waals surface area contributed by atoms with Gasteiger partial charge in [-0.25, -0.2) is 4.39 Å². The van der Waals surface area contributed by atoms with Crippen LogP contribution in [0.4, 0.5) is 4.39 Å². The van der Waals surface area contributed by atoms with Gasteiger partial charge in [0.15, 0.2) is 0 Å². The van der Waals surface area contributed by atoms with E-state index in [0.29, 0.717) is 6.42 Å². The molecule has 1 fully saturated rings. The number of nitrogens with one attached hydrogen (secondary N) is 1. The summed E-state index contributed by atoms with van der Waals surface area (Å²) in [4.78, 5) is 0. The van der Waals surface area contributed by atoms with Gasteiger partial charge in [0, 0.05) is 0 Å². The van der Waals surface area contributed by atoms with Crippen LogP contribution in [0.25, 0.3) is 0 Å². The molecule has 54 valence electrons. The Labute approximate surface area is 55.6 Å². The maximum atomic E-state index is 12.8. The lowest BCUT2D eigenvalue weighted by Crippen LogP contribution is -2.14. The van der Waals surface area contributed by atoms with Crippen molar-refractivity contribution in [2.45, 2.75) is 25.9 Å². The van der Waals surface area contributed by atoms with Gasteiger partial charge < -0.3 is 5.32 Å². The van der Waals surface area contributed by atoms with Crippen LogP contribution in [0.1, 0.15) is 19.8 Å². The third-order valence-electron chi connectivity index (χ3n) is 1.99. The van der Waals surface area contributed by atoms with E-state index in [9.17, 15) is 4.39 Å². The molecule has 1 nitrogen and oxygen atoms in total. The monoisotopic (exact) mass is 131 g/mol. The molecular formula is C7H14FN. The molecule has 1 aliphatic heterocycles. The number of rotatable bonds is 0. The number of halogens is 1. The van der Waals surface area contributed by atoms with Crippen molar-refractivity contribution in [1.82, 2.24) is 5.32 Å². The molecule has 0 amide bonds. The molecule has 1 saturated heterocycles. The normalized spacial score (nSPS) is 38.0. The first kappa shape index (κ1) is 7.00. The zero-order valence-corrected chi connectivity index (χ0v) is 5.86. The summed E-state index contributed by atoms with van der Waals surface area (Å²) in [6.07, 6.45) is 1.11. The van der Waals surface area contributed by atoms with Crippen LogP contribution in [0.3, 0.4) is 0 Å². The molecule has 1 N–H and O–H groups in total. The van der Waals surface area contributed by atoms with Crippen molar-refractivity contribution in [2.75, 3.05) is 13.1 Å². The lowest BCUT2D eigenvalue weighted by molar-refractivity contribution is 0.235. The first-order valence-electron chi connectivity index (χ1n) is 3.65. The molecule has 0 radical (unpaired) electrons. The fourth-order valence-electron chi connectivity index (χ4n) is 1.16. The Kier molecular flexibility index (Phi) is 2.46. The first-order chi connectivity index (χ1) is 4.30. The van der Waals surface area contributed by atoms with E-state index in [4.69, 9.17) is 0 Å². The van der Waals surface area contributed by atoms with Gasteiger partial charge in [0.1, 0.15) is 6.17 Å². The fraction of sp³-hybridized carbons (Fsp3) is 1.00. The zero-order chi connectivity index (χ0) is 6.69. The molecule has 1 rings (SSSR count). The van der Waals surface area contributed by atoms with Crippen molar-refractivity contribution < 1.29 is 4.39 Å². The van der Waals surface area contributed by atoms with Crippen molar-refractivity contribution >= 4 is 0 Å². The minimum Gasteiger partial charge on any atom is -0.317 e. The van der Waals surface area contributed by atoms with Gasteiger partial charge in [-0.05, 0) is 31.8 Å². The molecule has 2 heteroatoms. The van der Waals surface area contributed by atoms with Gasteiger partial charge in [0.2, 0.25) is 0 Å². The molecule has 0 saturated carbocycles. The van der Waals surface area contributed by atoms with E-state index < -0.39 is 6.17 Å². The highest BCUT2D eigenvalue weighted by molar-refractivity contribution is 4.71. The van der Waals surface area contributed by atoms with Crippen LogP contribution in [0, 0.1) is 5.92 Å². The van der Waals surface area contributed by atoms with Crippen molar-refractivity contribution in [3.63, 3.8) is 0 Å². The van der Waals surface area contributed by atoms with E-state index in [1.165, 1.54) is 0 Å². The molecule has 1 aliphatic rings. The Morgan fingerprint density at radius 1 is 1.33 bits per heavy atom. The van der Waals surface area contributed by atoms with E-state index in [-0.39, 0.29) is 5.92 Å². The topological polar surface area (TPSA) is 12.0 Å². The fourth-order valence-corrected chi connectivity index (χ4v) is 1.16. The molecule has 0 aromatic heterocycles. The molecule has 2 unspecified atom stereocenters. The minimum atomic E-state index is -0.569. The van der Waals surface area contributed by atoms with Crippen LogP contribution in [0.15, 0.2) is 0 Å². The van der Waals surface area contributed by atoms with Gasteiger partial charge in [-0.2, -0.15) is 0 Å². The highest BCUT2D eigenvalue weighted by Crippen LogP contribution is 2.16. The molecule has 0 aliphatic carbocycles. The smallest absolute Gasteiger partial charge is 0.104 e. The van der Waals surface area contributed by atoms with E-state index in [2.05, 4.69) is 5.32 Å². The molecule has 9 heavy (non-hydrogen) atoms. The predicted octanol–water partition coefficient (Wildman–Crippen LogP) is 1.34. The summed E-state index contributed by atoms with van der Waals surface area (Å²) in [7, 11) is 0. The van der Waals surface area contributed by atoms with Crippen LogP contribution < -0.4 is 5.32 Å². The largest absolute Gasteiger partial charge is 0.317 e. The van der Waals surface area contributed by atoms with Gasteiger partial charge in [-0.15, -0.1) is 0 Å². The summed E-state index contributed by atoms with van der Waals surface area (Å²) in [6.45, 7) is 3.82. The van der Waals surface area contributed by atoms with Crippen molar-refractivity contribution in [1.29, 1.82) is 0 Å². The third-order valence-corrected chi connectivity index (χ3v) is 1.99. The minimum absolute atomic E-state index is 0.264. The molecular weight excluding hydrogens is 117 g/mol. The van der Waals surface area contributed by atoms with E-state index >= 15 is 0 Å². The Morgan fingerprint density at radius 3 is 2.78 bits per heavy atom. The molecule has 0 aromatic rings. The molecule has 0 aromatic carbocycles. The Balaban J connectivity index is 2.32. The summed E-state index contributed by atoms with van der Waals surface area (Å²) in [5.41, 5.74) is 0. The molecule has 0 spiro atoms. The van der Waals surface area contributed by atoms with E-state index in [0.717, 1.165) is 19.5 Å². The summed E-state index contributed by atoms with van der Waals surface area (Å²) >= 11 is 0. The summed E-state index contributed by atoms with van der Waals surface area (Å²) in [6, 6.07) is 0. The van der Waals surface area contributed by atoms with Crippen LogP contribution in [0.5, 0.6) is 0 Å². The van der Waals surface area contributed by atoms with Crippen molar-refractivity contribution in [3.05, 3.63) is 0 Å². The van der Waals surface area contributed by atoms with Gasteiger partial charge in [-0.1, -0.05) is 6.92 Å². The van der Waals surface area contributed by atoms with Crippen LogP contribution >= 0.6 is 0 Å². The molecule has 1 heterocycles. The van der Waals surface area contributed by atoms with Crippen molar-refractivity contribution in [2.24, 2.45) is 5.92 Å². The lowest BCUT2D eigenvalue weighted by Gasteiger charge is -2.10. The Morgan fingerprint density at radius 2 is 2.00 bits per heavy atom. The van der Waals surface area contributed by atoms with E-state index in [1.54, 1.807) is 0 Å². The van der Waals surface area contributed by atoms with E-state index in [1.807, 2.05) is 6.92 Å². The van der Waals surface area contributed by atoms with Gasteiger partial charge in [-0.3, -0.25) is 0 Å². The highest BCUT2D eigenvalue weighted by atomic mass is 19.1. The maximum Gasteiger partial charge on any atom is 0.104 e. The van der Waals surface area contributed by atoms with Crippen LogP contribution in [-0.4, -0.2) is 19.3 Å². The summed E-state index contributed by atoms with van der Waals surface area (Å²) in [5.74, 6) is 0.264. The van der Waals surface area contributed by atoms with Crippen LogP contribution in [0.2, 0.25) is 0 Å². The standard InChI is InChI=1S/C7H14FN/c1-6-2-4-9-5-3-7(6)8/h6-7,9H,2-5H2,1H3. The molecule has 2 atom stereocenters. The van der Waals surface area contributed by atoms with Crippen molar-refractivity contribution in [3.8, 4) is 0 Å². The Hall–Kier alpha value is -0.110. The lowest BCUT2D eigenvalue weighted by atomic mass is 10.0. The number of alkyl halides is 1. The average molecular weight is 131 g/mol. The first-order valence-corrected chi connectivity index (χ1v) is 3.65. The second-order valence-electron chi connectivity index (χ2n) is 2.82. The number of hydrogen-bond donors (Lipinski definition) is 1. The molecule has 0 bridgehead atoms. The number of hydrogen-bond acceptors (Lipinski definition) is 1. The van der Waals surface area contributed by atoms with Crippen LogP contribution in [-0.2, 0) is 0 Å².